The summed E-state index contributed by atoms with van der Waals surface area (Å²) in [6.07, 6.45) is 5.62. The van der Waals surface area contributed by atoms with E-state index in [9.17, 15) is 14.9 Å². The number of nitro benzene ring substituents is 1. The molecule has 0 spiro atoms. The average molecular weight is 230 g/mol. The van der Waals surface area contributed by atoms with Gasteiger partial charge in [0.05, 0.1) is 4.92 Å². The van der Waals surface area contributed by atoms with Gasteiger partial charge in [0.15, 0.2) is 0 Å². The summed E-state index contributed by atoms with van der Waals surface area (Å²) in [6, 6.07) is 5.89. The summed E-state index contributed by atoms with van der Waals surface area (Å²) in [7, 11) is 0. The molecule has 1 unspecified atom stereocenters. The second kappa shape index (κ2) is 4.26. The number of hydrogen-bond acceptors (Lipinski definition) is 3. The molecular weight excluding hydrogens is 220 g/mol. The first kappa shape index (κ1) is 11.1. The first-order valence-corrected chi connectivity index (χ1v) is 5.13. The number of carbonyl (C=O) groups is 1. The summed E-state index contributed by atoms with van der Waals surface area (Å²) in [4.78, 5) is 23.2. The number of non-ortho nitro benzene ring substituents is 1. The average Bonchev–Trinajstić information content (AvgIpc) is 2.71. The Morgan fingerprint density at radius 3 is 2.53 bits per heavy atom. The van der Waals surface area contributed by atoms with E-state index in [2.05, 4.69) is 5.92 Å². The zero-order valence-electron chi connectivity index (χ0n) is 9.00. The van der Waals surface area contributed by atoms with Crippen molar-refractivity contribution in [1.29, 1.82) is 0 Å². The van der Waals surface area contributed by atoms with Crippen molar-refractivity contribution in [2.45, 2.75) is 6.42 Å². The van der Waals surface area contributed by atoms with Gasteiger partial charge in [-0.05, 0) is 12.1 Å². The van der Waals surface area contributed by atoms with Gasteiger partial charge >= 0.3 is 0 Å². The fourth-order valence-corrected chi connectivity index (χ4v) is 1.82. The Bertz CT molecular complexity index is 501. The van der Waals surface area contributed by atoms with Gasteiger partial charge in [-0.3, -0.25) is 14.9 Å². The van der Waals surface area contributed by atoms with Crippen LogP contribution in [0.15, 0.2) is 24.3 Å². The normalized spacial score (nSPS) is 19.1. The third kappa shape index (κ3) is 2.11. The van der Waals surface area contributed by atoms with Crippen molar-refractivity contribution in [1.82, 2.24) is 0 Å². The fraction of sp³-hybridized carbons (Fsp3) is 0.250. The lowest BCUT2D eigenvalue weighted by Crippen LogP contribution is -2.24. The van der Waals surface area contributed by atoms with Crippen LogP contribution in [0, 0.1) is 28.4 Å². The number of rotatable bonds is 2. The van der Waals surface area contributed by atoms with Gasteiger partial charge in [0, 0.05) is 36.7 Å². The SMILES string of the molecule is C#CC1CC(=O)N(c2ccc([N+](=O)[O-])cc2)C1. The third-order valence-electron chi connectivity index (χ3n) is 2.73. The maximum Gasteiger partial charge on any atom is 0.269 e. The second-order valence-electron chi connectivity index (χ2n) is 3.85. The molecule has 0 aromatic heterocycles. The Balaban J connectivity index is 2.21. The Kier molecular flexibility index (Phi) is 2.79. The van der Waals surface area contributed by atoms with Crippen LogP contribution in [0.5, 0.6) is 0 Å². The first-order valence-electron chi connectivity index (χ1n) is 5.13. The van der Waals surface area contributed by atoms with Gasteiger partial charge in [-0.2, -0.15) is 0 Å². The molecule has 0 aliphatic carbocycles. The largest absolute Gasteiger partial charge is 0.311 e. The van der Waals surface area contributed by atoms with E-state index < -0.39 is 4.92 Å². The van der Waals surface area contributed by atoms with Crippen molar-refractivity contribution in [2.75, 3.05) is 11.4 Å². The predicted molar refractivity (Wildman–Crippen MR) is 62.4 cm³/mol. The van der Waals surface area contributed by atoms with Crippen LogP contribution in [-0.2, 0) is 4.79 Å². The topological polar surface area (TPSA) is 63.5 Å². The maximum absolute atomic E-state index is 11.7. The van der Waals surface area contributed by atoms with Gasteiger partial charge in [-0.1, -0.05) is 0 Å². The lowest BCUT2D eigenvalue weighted by molar-refractivity contribution is -0.384. The van der Waals surface area contributed by atoms with Gasteiger partial charge in [-0.15, -0.1) is 12.3 Å². The number of terminal acetylenes is 1. The van der Waals surface area contributed by atoms with Gasteiger partial charge < -0.3 is 4.90 Å². The molecule has 2 rings (SSSR count). The standard InChI is InChI=1S/C12H10N2O3/c1-2-9-7-12(15)13(8-9)10-3-5-11(6-4-10)14(16)17/h1,3-6,9H,7-8H2. The fourth-order valence-electron chi connectivity index (χ4n) is 1.82. The Hall–Kier alpha value is -2.35. The molecule has 0 bridgehead atoms. The van der Waals surface area contributed by atoms with Crippen LogP contribution < -0.4 is 4.90 Å². The zero-order valence-corrected chi connectivity index (χ0v) is 9.00. The zero-order chi connectivity index (χ0) is 12.4. The summed E-state index contributed by atoms with van der Waals surface area (Å²) in [5.41, 5.74) is 0.659. The molecule has 1 atom stereocenters. The Morgan fingerprint density at radius 2 is 2.06 bits per heavy atom. The van der Waals surface area contributed by atoms with Crippen molar-refractivity contribution in [2.24, 2.45) is 5.92 Å². The van der Waals surface area contributed by atoms with E-state index >= 15 is 0 Å². The minimum absolute atomic E-state index is 0.00824. The van der Waals surface area contributed by atoms with Gasteiger partial charge in [0.25, 0.3) is 5.69 Å². The van der Waals surface area contributed by atoms with E-state index in [1.807, 2.05) is 0 Å². The quantitative estimate of drug-likeness (QED) is 0.440. The van der Waals surface area contributed by atoms with E-state index in [1.165, 1.54) is 12.1 Å². The molecule has 1 aliphatic heterocycles. The number of nitrogens with zero attached hydrogens (tertiary/aromatic N) is 2. The number of carbonyl (C=O) groups excluding carboxylic acids is 1. The van der Waals surface area contributed by atoms with Crippen LogP contribution in [0.25, 0.3) is 0 Å². The molecule has 1 aliphatic rings. The van der Waals surface area contributed by atoms with Crippen molar-refractivity contribution in [3.8, 4) is 12.3 Å². The monoisotopic (exact) mass is 230 g/mol. The minimum atomic E-state index is -0.472. The number of benzene rings is 1. The Morgan fingerprint density at radius 1 is 1.41 bits per heavy atom. The lowest BCUT2D eigenvalue weighted by atomic mass is 10.1. The molecule has 1 aromatic carbocycles. The highest BCUT2D eigenvalue weighted by atomic mass is 16.6. The molecule has 5 heteroatoms. The molecule has 1 fully saturated rings. The van der Waals surface area contributed by atoms with Gasteiger partial charge in [0.2, 0.25) is 5.91 Å². The highest BCUT2D eigenvalue weighted by Gasteiger charge is 2.29. The number of nitro groups is 1. The molecule has 5 nitrogen and oxygen atoms in total. The molecular formula is C12H10N2O3. The Labute approximate surface area is 98.2 Å². The minimum Gasteiger partial charge on any atom is -0.311 e. The lowest BCUT2D eigenvalue weighted by Gasteiger charge is -2.15. The summed E-state index contributed by atoms with van der Waals surface area (Å²) in [5, 5.41) is 10.5. The third-order valence-corrected chi connectivity index (χ3v) is 2.73. The molecule has 1 heterocycles. The van der Waals surface area contributed by atoms with Crippen LogP contribution in [0.3, 0.4) is 0 Å². The molecule has 1 saturated heterocycles. The molecule has 0 radical (unpaired) electrons. The predicted octanol–water partition coefficient (Wildman–Crippen LogP) is 1.58. The van der Waals surface area contributed by atoms with E-state index in [-0.39, 0.29) is 17.5 Å². The van der Waals surface area contributed by atoms with Crippen LogP contribution in [0.1, 0.15) is 6.42 Å². The van der Waals surface area contributed by atoms with E-state index in [4.69, 9.17) is 6.42 Å². The molecule has 1 aromatic rings. The van der Waals surface area contributed by atoms with Crippen molar-refractivity contribution >= 4 is 17.3 Å². The molecule has 86 valence electrons. The van der Waals surface area contributed by atoms with Crippen LogP contribution in [-0.4, -0.2) is 17.4 Å². The number of anilines is 1. The van der Waals surface area contributed by atoms with E-state index in [1.54, 1.807) is 17.0 Å². The van der Waals surface area contributed by atoms with Gasteiger partial charge in [0.1, 0.15) is 0 Å². The summed E-state index contributed by atoms with van der Waals surface area (Å²) in [6.45, 7) is 0.479. The van der Waals surface area contributed by atoms with Crippen LogP contribution in [0.2, 0.25) is 0 Å². The highest BCUT2D eigenvalue weighted by molar-refractivity contribution is 5.96. The molecule has 1 amide bonds. The first-order chi connectivity index (χ1) is 8.11. The second-order valence-corrected chi connectivity index (χ2v) is 3.85. The highest BCUT2D eigenvalue weighted by Crippen LogP contribution is 2.26. The maximum atomic E-state index is 11.7. The molecule has 0 N–H and O–H groups in total. The molecule has 17 heavy (non-hydrogen) atoms. The number of amides is 1. The molecule has 0 saturated carbocycles. The summed E-state index contributed by atoms with van der Waals surface area (Å²) >= 11 is 0. The van der Waals surface area contributed by atoms with Crippen molar-refractivity contribution in [3.63, 3.8) is 0 Å². The summed E-state index contributed by atoms with van der Waals surface area (Å²) in [5.74, 6) is 2.44. The van der Waals surface area contributed by atoms with Crippen molar-refractivity contribution in [3.05, 3.63) is 34.4 Å². The van der Waals surface area contributed by atoms with E-state index in [0.29, 0.717) is 18.7 Å². The number of hydrogen-bond donors (Lipinski definition) is 0. The van der Waals surface area contributed by atoms with E-state index in [0.717, 1.165) is 0 Å². The van der Waals surface area contributed by atoms with Crippen LogP contribution in [0.4, 0.5) is 11.4 Å². The summed E-state index contributed by atoms with van der Waals surface area (Å²) < 4.78 is 0. The van der Waals surface area contributed by atoms with Crippen molar-refractivity contribution < 1.29 is 9.72 Å². The van der Waals surface area contributed by atoms with Crippen LogP contribution >= 0.6 is 0 Å². The smallest absolute Gasteiger partial charge is 0.269 e. The van der Waals surface area contributed by atoms with Gasteiger partial charge in [-0.25, -0.2) is 0 Å².